The predicted molar refractivity (Wildman–Crippen MR) is 102 cm³/mol. The molecule has 0 aliphatic carbocycles. The molecule has 3 N–H and O–H groups in total. The van der Waals surface area contributed by atoms with Crippen LogP contribution in [0.4, 0.5) is 0 Å². The quantitative estimate of drug-likeness (QED) is 0.362. The van der Waals surface area contributed by atoms with Gasteiger partial charge in [-0.05, 0) is 38.1 Å². The van der Waals surface area contributed by atoms with Crippen molar-refractivity contribution in [1.82, 2.24) is 16.0 Å². The lowest BCUT2D eigenvalue weighted by molar-refractivity contribution is 0.0927. The van der Waals surface area contributed by atoms with Gasteiger partial charge in [0, 0.05) is 13.1 Å². The molecule has 2 rings (SSSR count). The van der Waals surface area contributed by atoms with Crippen LogP contribution in [0.3, 0.4) is 0 Å². The number of rotatable bonds is 9. The Kier molecular flexibility index (Phi) is 8.05. The summed E-state index contributed by atoms with van der Waals surface area (Å²) in [5.41, 5.74) is 1.20. The van der Waals surface area contributed by atoms with Crippen LogP contribution in [-0.4, -0.2) is 44.7 Å². The van der Waals surface area contributed by atoms with Gasteiger partial charge >= 0.3 is 0 Å². The molecule has 0 aliphatic rings. The molecule has 0 bridgehead atoms. The Morgan fingerprint density at radius 3 is 2.62 bits per heavy atom. The third-order valence-electron chi connectivity index (χ3n) is 3.44. The van der Waals surface area contributed by atoms with Crippen molar-refractivity contribution in [2.24, 2.45) is 4.99 Å². The van der Waals surface area contributed by atoms with E-state index in [0.717, 1.165) is 12.3 Å². The molecule has 0 atom stereocenters. The smallest absolute Gasteiger partial charge is 0.287 e. The van der Waals surface area contributed by atoms with E-state index in [0.29, 0.717) is 38.0 Å². The van der Waals surface area contributed by atoms with Crippen molar-refractivity contribution in [3.05, 3.63) is 54.0 Å². The largest absolute Gasteiger partial charge is 0.492 e. The van der Waals surface area contributed by atoms with Gasteiger partial charge in [0.15, 0.2) is 11.7 Å². The van der Waals surface area contributed by atoms with E-state index >= 15 is 0 Å². The summed E-state index contributed by atoms with van der Waals surface area (Å²) in [5, 5.41) is 9.11. The standard InChI is InChI=1S/C19H26N4O3/c1-3-20-19(22-11-10-21-18(24)17-5-4-13-26-17)23-12-14-25-16-8-6-15(2)7-9-16/h4-9,13H,3,10-12,14H2,1-2H3,(H,21,24)(H2,20,22,23). The zero-order chi connectivity index (χ0) is 18.6. The van der Waals surface area contributed by atoms with Crippen molar-refractivity contribution >= 4 is 11.9 Å². The Hall–Kier alpha value is -2.96. The second kappa shape index (κ2) is 10.8. The van der Waals surface area contributed by atoms with Gasteiger partial charge in [0.05, 0.1) is 19.4 Å². The lowest BCUT2D eigenvalue weighted by atomic mass is 10.2. The van der Waals surface area contributed by atoms with Crippen LogP contribution in [0.15, 0.2) is 52.1 Å². The van der Waals surface area contributed by atoms with Crippen LogP contribution in [0.1, 0.15) is 23.0 Å². The third kappa shape index (κ3) is 6.88. The van der Waals surface area contributed by atoms with Crippen LogP contribution in [0.25, 0.3) is 0 Å². The summed E-state index contributed by atoms with van der Waals surface area (Å²) in [6, 6.07) is 11.3. The molecule has 26 heavy (non-hydrogen) atoms. The molecule has 1 heterocycles. The maximum Gasteiger partial charge on any atom is 0.287 e. The van der Waals surface area contributed by atoms with Gasteiger partial charge in [0.2, 0.25) is 0 Å². The Balaban J connectivity index is 1.67. The molecule has 0 radical (unpaired) electrons. The molecule has 0 saturated heterocycles. The first-order valence-corrected chi connectivity index (χ1v) is 8.72. The van der Waals surface area contributed by atoms with Gasteiger partial charge in [-0.3, -0.25) is 9.79 Å². The highest BCUT2D eigenvalue weighted by atomic mass is 16.5. The van der Waals surface area contributed by atoms with Crippen molar-refractivity contribution < 1.29 is 13.9 Å². The number of guanidine groups is 1. The maximum atomic E-state index is 11.7. The van der Waals surface area contributed by atoms with Crippen molar-refractivity contribution in [2.75, 3.05) is 32.8 Å². The average molecular weight is 358 g/mol. The first kappa shape index (κ1) is 19.4. The minimum Gasteiger partial charge on any atom is -0.492 e. The van der Waals surface area contributed by atoms with E-state index in [2.05, 4.69) is 20.9 Å². The highest BCUT2D eigenvalue weighted by Crippen LogP contribution is 2.10. The summed E-state index contributed by atoms with van der Waals surface area (Å²) in [7, 11) is 0. The van der Waals surface area contributed by atoms with Crippen LogP contribution < -0.4 is 20.7 Å². The van der Waals surface area contributed by atoms with E-state index in [1.807, 2.05) is 38.1 Å². The third-order valence-corrected chi connectivity index (χ3v) is 3.44. The van der Waals surface area contributed by atoms with Crippen LogP contribution >= 0.6 is 0 Å². The molecule has 0 saturated carbocycles. The van der Waals surface area contributed by atoms with Crippen molar-refractivity contribution in [3.8, 4) is 5.75 Å². The van der Waals surface area contributed by atoms with Gasteiger partial charge in [-0.1, -0.05) is 17.7 Å². The lowest BCUT2D eigenvalue weighted by Crippen LogP contribution is -2.40. The van der Waals surface area contributed by atoms with E-state index in [1.165, 1.54) is 11.8 Å². The molecule has 140 valence electrons. The number of aryl methyl sites for hydroxylation is 1. The van der Waals surface area contributed by atoms with Crippen LogP contribution in [0, 0.1) is 6.92 Å². The summed E-state index contributed by atoms with van der Waals surface area (Å²) in [6.07, 6.45) is 1.47. The lowest BCUT2D eigenvalue weighted by Gasteiger charge is -2.12. The summed E-state index contributed by atoms with van der Waals surface area (Å²) < 4.78 is 10.7. The monoisotopic (exact) mass is 358 g/mol. The molecule has 7 heteroatoms. The van der Waals surface area contributed by atoms with Gasteiger partial charge in [-0.25, -0.2) is 0 Å². The maximum absolute atomic E-state index is 11.7. The molecule has 0 unspecified atom stereocenters. The minimum atomic E-state index is -0.241. The second-order valence-electron chi connectivity index (χ2n) is 5.58. The average Bonchev–Trinajstić information content (AvgIpc) is 3.18. The van der Waals surface area contributed by atoms with E-state index in [-0.39, 0.29) is 5.91 Å². The molecule has 2 aromatic rings. The van der Waals surface area contributed by atoms with Crippen molar-refractivity contribution in [2.45, 2.75) is 13.8 Å². The van der Waals surface area contributed by atoms with Gasteiger partial charge in [0.1, 0.15) is 12.4 Å². The number of carbonyl (C=O) groups is 1. The number of benzene rings is 1. The number of carbonyl (C=O) groups excluding carboxylic acids is 1. The first-order chi connectivity index (χ1) is 12.7. The number of hydrogen-bond donors (Lipinski definition) is 3. The highest BCUT2D eigenvalue weighted by molar-refractivity contribution is 5.91. The Bertz CT molecular complexity index is 681. The van der Waals surface area contributed by atoms with E-state index < -0.39 is 0 Å². The van der Waals surface area contributed by atoms with Gasteiger partial charge in [-0.2, -0.15) is 0 Å². The topological polar surface area (TPSA) is 87.9 Å². The molecule has 0 aliphatic heterocycles. The predicted octanol–water partition coefficient (Wildman–Crippen LogP) is 1.95. The summed E-state index contributed by atoms with van der Waals surface area (Å²) >= 11 is 0. The molecule has 1 aromatic carbocycles. The molecular formula is C19H26N4O3. The SMILES string of the molecule is CCNC(=NCCNC(=O)c1ccco1)NCCOc1ccc(C)cc1. The van der Waals surface area contributed by atoms with Crippen molar-refractivity contribution in [1.29, 1.82) is 0 Å². The number of nitrogens with one attached hydrogen (secondary N) is 3. The van der Waals surface area contributed by atoms with Gasteiger partial charge in [0.25, 0.3) is 5.91 Å². The fourth-order valence-electron chi connectivity index (χ4n) is 2.15. The number of furan rings is 1. The second-order valence-corrected chi connectivity index (χ2v) is 5.58. The molecular weight excluding hydrogens is 332 g/mol. The number of hydrogen-bond acceptors (Lipinski definition) is 4. The summed E-state index contributed by atoms with van der Waals surface area (Å²) in [6.45, 7) is 6.83. The first-order valence-electron chi connectivity index (χ1n) is 8.72. The number of ether oxygens (including phenoxy) is 1. The zero-order valence-electron chi connectivity index (χ0n) is 15.2. The normalized spacial score (nSPS) is 11.1. The van der Waals surface area contributed by atoms with Crippen LogP contribution in [0.5, 0.6) is 5.75 Å². The molecule has 7 nitrogen and oxygen atoms in total. The van der Waals surface area contributed by atoms with Crippen molar-refractivity contribution in [3.63, 3.8) is 0 Å². The van der Waals surface area contributed by atoms with Gasteiger partial charge in [-0.15, -0.1) is 0 Å². The Morgan fingerprint density at radius 1 is 1.12 bits per heavy atom. The molecule has 1 aromatic heterocycles. The molecule has 0 spiro atoms. The van der Waals surface area contributed by atoms with Crippen LogP contribution in [-0.2, 0) is 0 Å². The zero-order valence-corrected chi connectivity index (χ0v) is 15.2. The summed E-state index contributed by atoms with van der Waals surface area (Å²) in [5.74, 6) is 1.59. The molecule has 0 fully saturated rings. The molecule has 1 amide bonds. The minimum absolute atomic E-state index is 0.241. The van der Waals surface area contributed by atoms with E-state index in [4.69, 9.17) is 9.15 Å². The number of amides is 1. The van der Waals surface area contributed by atoms with E-state index in [1.54, 1.807) is 12.1 Å². The fraction of sp³-hybridized carbons (Fsp3) is 0.368. The van der Waals surface area contributed by atoms with E-state index in [9.17, 15) is 4.79 Å². The Labute approximate surface area is 153 Å². The number of aliphatic imine (C=N–C) groups is 1. The highest BCUT2D eigenvalue weighted by Gasteiger charge is 2.06. The van der Waals surface area contributed by atoms with Gasteiger partial charge < -0.3 is 25.1 Å². The fourth-order valence-corrected chi connectivity index (χ4v) is 2.15. The van der Waals surface area contributed by atoms with Crippen LogP contribution in [0.2, 0.25) is 0 Å². The Morgan fingerprint density at radius 2 is 1.92 bits per heavy atom. The summed E-state index contributed by atoms with van der Waals surface area (Å²) in [4.78, 5) is 16.2. The number of nitrogens with zero attached hydrogens (tertiary/aromatic N) is 1.